The molecule has 2 amide bonds. The second kappa shape index (κ2) is 13.4. The molecule has 2 aromatic carbocycles. The van der Waals surface area contributed by atoms with Crippen molar-refractivity contribution in [1.29, 1.82) is 0 Å². The fourth-order valence-electron chi connectivity index (χ4n) is 4.17. The molecule has 0 fully saturated rings. The van der Waals surface area contributed by atoms with E-state index in [2.05, 4.69) is 65.7 Å². The summed E-state index contributed by atoms with van der Waals surface area (Å²) in [5.74, 6) is 0.159. The number of carbonyl (C=O) groups is 2. The van der Waals surface area contributed by atoms with Gasteiger partial charge in [-0.25, -0.2) is 0 Å². The van der Waals surface area contributed by atoms with E-state index in [0.717, 1.165) is 35.1 Å². The van der Waals surface area contributed by atoms with E-state index in [1.165, 1.54) is 5.56 Å². The van der Waals surface area contributed by atoms with Crippen LogP contribution in [-0.4, -0.2) is 45.8 Å². The standard InChI is InChI=1S/C30H38BrN3O2/c1-5-6-17-33(21-28-8-7-18-32(28)20-25-11-15-27(31)16-12-25)29(35)22-34(19-23(2)3)30(36)26-13-9-24(4)10-14-26/h7-16,18,23H,5-6,17,19-22H2,1-4H3. The Morgan fingerprint density at radius 3 is 2.31 bits per heavy atom. The number of nitrogens with zero attached hydrogens (tertiary/aromatic N) is 3. The van der Waals surface area contributed by atoms with E-state index in [1.807, 2.05) is 54.3 Å². The third-order valence-corrected chi connectivity index (χ3v) is 6.70. The Bertz CT molecular complexity index is 1120. The molecule has 0 aliphatic carbocycles. The lowest BCUT2D eigenvalue weighted by atomic mass is 10.1. The zero-order valence-corrected chi connectivity index (χ0v) is 23.5. The first kappa shape index (κ1) is 27.7. The van der Waals surface area contributed by atoms with Crippen molar-refractivity contribution in [3.63, 3.8) is 0 Å². The molecule has 1 heterocycles. The van der Waals surface area contributed by atoms with Gasteiger partial charge in [0.25, 0.3) is 5.91 Å². The first-order valence-corrected chi connectivity index (χ1v) is 13.6. The molecule has 0 spiro atoms. The second-order valence-corrected chi connectivity index (χ2v) is 10.8. The number of amides is 2. The summed E-state index contributed by atoms with van der Waals surface area (Å²) in [5.41, 5.74) is 4.02. The highest BCUT2D eigenvalue weighted by atomic mass is 79.9. The number of aryl methyl sites for hydroxylation is 1. The van der Waals surface area contributed by atoms with Crippen LogP contribution >= 0.6 is 15.9 Å². The lowest BCUT2D eigenvalue weighted by Gasteiger charge is -2.29. The van der Waals surface area contributed by atoms with Crippen molar-refractivity contribution in [2.24, 2.45) is 5.92 Å². The van der Waals surface area contributed by atoms with Crippen molar-refractivity contribution in [2.45, 2.75) is 53.6 Å². The van der Waals surface area contributed by atoms with Crippen molar-refractivity contribution in [1.82, 2.24) is 14.4 Å². The highest BCUT2D eigenvalue weighted by Crippen LogP contribution is 2.16. The number of rotatable bonds is 12. The summed E-state index contributed by atoms with van der Waals surface area (Å²) >= 11 is 3.49. The van der Waals surface area contributed by atoms with Crippen molar-refractivity contribution >= 4 is 27.7 Å². The van der Waals surface area contributed by atoms with Gasteiger partial charge < -0.3 is 14.4 Å². The fraction of sp³-hybridized carbons (Fsp3) is 0.400. The Morgan fingerprint density at radius 2 is 1.67 bits per heavy atom. The molecule has 192 valence electrons. The summed E-state index contributed by atoms with van der Waals surface area (Å²) in [6, 6.07) is 20.0. The van der Waals surface area contributed by atoms with Crippen molar-refractivity contribution in [2.75, 3.05) is 19.6 Å². The minimum Gasteiger partial charge on any atom is -0.345 e. The van der Waals surface area contributed by atoms with Gasteiger partial charge in [0.2, 0.25) is 5.91 Å². The maximum absolute atomic E-state index is 13.6. The largest absolute Gasteiger partial charge is 0.345 e. The number of hydrogen-bond donors (Lipinski definition) is 0. The van der Waals surface area contributed by atoms with E-state index in [9.17, 15) is 9.59 Å². The molecule has 1 aromatic heterocycles. The van der Waals surface area contributed by atoms with Gasteiger partial charge in [-0.05, 0) is 61.2 Å². The summed E-state index contributed by atoms with van der Waals surface area (Å²) in [4.78, 5) is 30.5. The third-order valence-electron chi connectivity index (χ3n) is 6.17. The molecule has 0 unspecified atom stereocenters. The van der Waals surface area contributed by atoms with Crippen LogP contribution in [0.2, 0.25) is 0 Å². The molecular weight excluding hydrogens is 514 g/mol. The summed E-state index contributed by atoms with van der Waals surface area (Å²) in [6.07, 6.45) is 3.99. The topological polar surface area (TPSA) is 45.6 Å². The van der Waals surface area contributed by atoms with Gasteiger partial charge in [0.05, 0.1) is 6.54 Å². The molecule has 3 rings (SSSR count). The summed E-state index contributed by atoms with van der Waals surface area (Å²) in [5, 5.41) is 0. The van der Waals surface area contributed by atoms with Crippen LogP contribution in [0.4, 0.5) is 0 Å². The molecule has 0 atom stereocenters. The summed E-state index contributed by atoms with van der Waals surface area (Å²) in [7, 11) is 0. The molecule has 0 N–H and O–H groups in total. The molecule has 0 radical (unpaired) electrons. The minimum atomic E-state index is -0.0916. The van der Waals surface area contributed by atoms with Crippen LogP contribution in [0.15, 0.2) is 71.3 Å². The van der Waals surface area contributed by atoms with E-state index >= 15 is 0 Å². The fourth-order valence-corrected chi connectivity index (χ4v) is 4.44. The Morgan fingerprint density at radius 1 is 0.972 bits per heavy atom. The van der Waals surface area contributed by atoms with Crippen molar-refractivity contribution < 1.29 is 9.59 Å². The smallest absolute Gasteiger partial charge is 0.254 e. The Labute approximate surface area is 224 Å². The molecule has 0 aliphatic rings. The van der Waals surface area contributed by atoms with Crippen molar-refractivity contribution in [3.05, 3.63) is 93.7 Å². The molecular formula is C30H38BrN3O2. The molecule has 0 aliphatic heterocycles. The van der Waals surface area contributed by atoms with Crippen LogP contribution < -0.4 is 0 Å². The van der Waals surface area contributed by atoms with Gasteiger partial charge in [-0.15, -0.1) is 0 Å². The average molecular weight is 553 g/mol. The second-order valence-electron chi connectivity index (χ2n) is 9.87. The molecule has 36 heavy (non-hydrogen) atoms. The van der Waals surface area contributed by atoms with Crippen LogP contribution in [0.3, 0.4) is 0 Å². The Balaban J connectivity index is 1.76. The SMILES string of the molecule is CCCCN(Cc1cccn1Cc1ccc(Br)cc1)C(=O)CN(CC(C)C)C(=O)c1ccc(C)cc1. The highest BCUT2D eigenvalue weighted by molar-refractivity contribution is 9.10. The number of halogens is 1. The van der Waals surface area contributed by atoms with Crippen LogP contribution in [-0.2, 0) is 17.9 Å². The van der Waals surface area contributed by atoms with Crippen LogP contribution in [0.5, 0.6) is 0 Å². The first-order valence-electron chi connectivity index (χ1n) is 12.8. The Hall–Kier alpha value is -2.86. The van der Waals surface area contributed by atoms with E-state index in [-0.39, 0.29) is 24.3 Å². The maximum Gasteiger partial charge on any atom is 0.254 e. The van der Waals surface area contributed by atoms with Gasteiger partial charge in [0.1, 0.15) is 6.54 Å². The van der Waals surface area contributed by atoms with Crippen molar-refractivity contribution in [3.8, 4) is 0 Å². The number of aromatic nitrogens is 1. The predicted octanol–water partition coefficient (Wildman–Crippen LogP) is 6.53. The van der Waals surface area contributed by atoms with Gasteiger partial charge in [0.15, 0.2) is 0 Å². The van der Waals surface area contributed by atoms with Gasteiger partial charge in [-0.2, -0.15) is 0 Å². The van der Waals surface area contributed by atoms with Gasteiger partial charge >= 0.3 is 0 Å². The van der Waals surface area contributed by atoms with Crippen LogP contribution in [0.1, 0.15) is 60.8 Å². The number of carbonyl (C=O) groups excluding carboxylic acids is 2. The van der Waals surface area contributed by atoms with E-state index in [0.29, 0.717) is 25.2 Å². The molecule has 6 heteroatoms. The zero-order valence-electron chi connectivity index (χ0n) is 21.9. The molecule has 0 bridgehead atoms. The molecule has 0 saturated carbocycles. The third kappa shape index (κ3) is 8.09. The van der Waals surface area contributed by atoms with Gasteiger partial charge in [-0.1, -0.05) is 73.0 Å². The number of unbranched alkanes of at least 4 members (excludes halogenated alkanes) is 1. The average Bonchev–Trinajstić information content (AvgIpc) is 3.28. The Kier molecular flexibility index (Phi) is 10.4. The lowest BCUT2D eigenvalue weighted by molar-refractivity contribution is -0.132. The van der Waals surface area contributed by atoms with E-state index < -0.39 is 0 Å². The molecule has 3 aromatic rings. The van der Waals surface area contributed by atoms with Gasteiger partial charge in [0, 0.05) is 41.6 Å². The van der Waals surface area contributed by atoms with E-state index in [4.69, 9.17) is 0 Å². The number of benzene rings is 2. The number of hydrogen-bond acceptors (Lipinski definition) is 2. The molecule has 0 saturated heterocycles. The van der Waals surface area contributed by atoms with E-state index in [1.54, 1.807) is 4.90 Å². The van der Waals surface area contributed by atoms with Crippen LogP contribution in [0.25, 0.3) is 0 Å². The highest BCUT2D eigenvalue weighted by Gasteiger charge is 2.23. The predicted molar refractivity (Wildman–Crippen MR) is 150 cm³/mol. The first-order chi connectivity index (χ1) is 17.3. The monoisotopic (exact) mass is 551 g/mol. The van der Waals surface area contributed by atoms with Gasteiger partial charge in [-0.3, -0.25) is 9.59 Å². The quantitative estimate of drug-likeness (QED) is 0.256. The summed E-state index contributed by atoms with van der Waals surface area (Å²) < 4.78 is 3.25. The molecule has 5 nitrogen and oxygen atoms in total. The lowest BCUT2D eigenvalue weighted by Crippen LogP contribution is -2.44. The zero-order chi connectivity index (χ0) is 26.1. The summed E-state index contributed by atoms with van der Waals surface area (Å²) in [6.45, 7) is 10.8. The normalized spacial score (nSPS) is 11.1. The van der Waals surface area contributed by atoms with Crippen LogP contribution in [0, 0.1) is 12.8 Å². The maximum atomic E-state index is 13.6. The minimum absolute atomic E-state index is 0.0130.